The van der Waals surface area contributed by atoms with Gasteiger partial charge in [-0.2, -0.15) is 0 Å². The maximum atomic E-state index is 12.6. The van der Waals surface area contributed by atoms with Crippen LogP contribution in [0.4, 0.5) is 0 Å². The number of halogens is 3. The van der Waals surface area contributed by atoms with Crippen LogP contribution in [0.2, 0.25) is 10.0 Å². The zero-order chi connectivity index (χ0) is 33.7. The lowest BCUT2D eigenvalue weighted by molar-refractivity contribution is 0.0963. The van der Waals surface area contributed by atoms with Gasteiger partial charge in [0.05, 0.1) is 45.2 Å². The molecular formula is C36H35BrCl2N6O2. The minimum absolute atomic E-state index is 0.0142. The minimum Gasteiger partial charge on any atom is -0.309 e. The van der Waals surface area contributed by atoms with Crippen molar-refractivity contribution in [1.82, 2.24) is 18.3 Å². The quantitative estimate of drug-likeness (QED) is 0.138. The standard InChI is InChI=1S/C18H17BrClN3O.C18H18ClN3O/c1-2-10-22-17-14(20)4-3-5-15(17)23(18(22)21)11-16(24)12-6-8-13(19)9-7-12;1-2-11-21-17-14(19)9-6-10-15(17)22(18(21)20)12-16(23)13-7-4-3-5-8-13/h3-9,21H,2,10-11H2,1H3;3-10,20H,2,11-12H2,1H3. The van der Waals surface area contributed by atoms with Crippen LogP contribution < -0.4 is 11.2 Å². The Balaban J connectivity index is 0.000000185. The van der Waals surface area contributed by atoms with Crippen LogP contribution in [0.5, 0.6) is 0 Å². The highest BCUT2D eigenvalue weighted by Gasteiger charge is 2.17. The van der Waals surface area contributed by atoms with Crippen LogP contribution in [0.15, 0.2) is 95.5 Å². The number of hydrogen-bond donors (Lipinski definition) is 2. The summed E-state index contributed by atoms with van der Waals surface area (Å²) in [5.41, 5.74) is 5.15. The van der Waals surface area contributed by atoms with Crippen LogP contribution in [0.25, 0.3) is 22.1 Å². The van der Waals surface area contributed by atoms with Gasteiger partial charge in [-0.15, -0.1) is 0 Å². The SMILES string of the molecule is CCCn1c(=N)n(CC(=O)c2ccc(Br)cc2)c2cccc(Cl)c21.CCCn1c(=N)n(CC(=O)c2ccccc2)c2cccc(Cl)c21. The normalized spacial score (nSPS) is 11.1. The number of imidazole rings is 2. The summed E-state index contributed by atoms with van der Waals surface area (Å²) < 4.78 is 8.12. The van der Waals surface area contributed by atoms with Gasteiger partial charge in [-0.3, -0.25) is 20.4 Å². The Hall–Kier alpha value is -4.18. The number of nitrogens with one attached hydrogen (secondary N) is 2. The van der Waals surface area contributed by atoms with Crippen molar-refractivity contribution in [3.8, 4) is 0 Å². The summed E-state index contributed by atoms with van der Waals surface area (Å²) >= 11 is 16.1. The molecule has 0 aliphatic heterocycles. The molecule has 0 bridgehead atoms. The number of nitrogens with zero attached hydrogens (tertiary/aromatic N) is 4. The summed E-state index contributed by atoms with van der Waals surface area (Å²) in [6.45, 7) is 5.76. The molecule has 0 radical (unpaired) electrons. The van der Waals surface area contributed by atoms with Crippen LogP contribution in [0.1, 0.15) is 47.4 Å². The van der Waals surface area contributed by atoms with E-state index in [0.29, 0.717) is 45.5 Å². The Morgan fingerprint density at radius 1 is 0.596 bits per heavy atom. The van der Waals surface area contributed by atoms with Gasteiger partial charge < -0.3 is 18.3 Å². The van der Waals surface area contributed by atoms with Gasteiger partial charge in [0, 0.05) is 28.7 Å². The van der Waals surface area contributed by atoms with Crippen molar-refractivity contribution < 1.29 is 9.59 Å². The highest BCUT2D eigenvalue weighted by Crippen LogP contribution is 2.24. The molecule has 2 heterocycles. The molecule has 2 N–H and O–H groups in total. The topological polar surface area (TPSA) is 102 Å². The number of Topliss-reactive ketones (excluding diaryl/α,β-unsaturated/α-hetero) is 2. The lowest BCUT2D eigenvalue weighted by atomic mass is 10.1. The molecule has 8 nitrogen and oxygen atoms in total. The molecule has 47 heavy (non-hydrogen) atoms. The molecule has 11 heteroatoms. The van der Waals surface area contributed by atoms with E-state index >= 15 is 0 Å². The van der Waals surface area contributed by atoms with Crippen molar-refractivity contribution in [3.05, 3.63) is 128 Å². The average Bonchev–Trinajstić information content (AvgIpc) is 3.49. The maximum absolute atomic E-state index is 12.6. The zero-order valence-electron chi connectivity index (χ0n) is 26.1. The number of aryl methyl sites for hydroxylation is 2. The Morgan fingerprint density at radius 3 is 1.45 bits per heavy atom. The van der Waals surface area contributed by atoms with Gasteiger partial charge >= 0.3 is 0 Å². The number of ketones is 2. The third-order valence-corrected chi connectivity index (χ3v) is 8.97. The van der Waals surface area contributed by atoms with Crippen LogP contribution in [0.3, 0.4) is 0 Å². The Kier molecular flexibility index (Phi) is 11.0. The van der Waals surface area contributed by atoms with Crippen LogP contribution in [0, 0.1) is 10.8 Å². The molecule has 4 aromatic carbocycles. The predicted molar refractivity (Wildman–Crippen MR) is 191 cm³/mol. The Labute approximate surface area is 290 Å². The van der Waals surface area contributed by atoms with Gasteiger partial charge in [0.2, 0.25) is 11.2 Å². The van der Waals surface area contributed by atoms with Crippen molar-refractivity contribution >= 4 is 72.8 Å². The van der Waals surface area contributed by atoms with E-state index in [1.807, 2.05) is 75.9 Å². The number of benzene rings is 4. The molecule has 0 aliphatic carbocycles. The first-order valence-corrected chi connectivity index (χ1v) is 16.9. The van der Waals surface area contributed by atoms with Crippen LogP contribution in [-0.2, 0) is 26.2 Å². The summed E-state index contributed by atoms with van der Waals surface area (Å²) in [5, 5.41) is 18.1. The van der Waals surface area contributed by atoms with E-state index in [-0.39, 0.29) is 24.7 Å². The van der Waals surface area contributed by atoms with Gasteiger partial charge in [-0.25, -0.2) is 0 Å². The number of fused-ring (bicyclic) bond motifs is 2. The number of carbonyl (C=O) groups is 2. The van der Waals surface area contributed by atoms with Crippen molar-refractivity contribution in [3.63, 3.8) is 0 Å². The third kappa shape index (κ3) is 7.22. The Morgan fingerprint density at radius 2 is 1.02 bits per heavy atom. The molecule has 6 rings (SSSR count). The molecule has 2 aromatic heterocycles. The highest BCUT2D eigenvalue weighted by atomic mass is 79.9. The average molecular weight is 735 g/mol. The second-order valence-electron chi connectivity index (χ2n) is 11.1. The van der Waals surface area contributed by atoms with Gasteiger partial charge in [0.15, 0.2) is 11.6 Å². The molecule has 0 aliphatic rings. The molecule has 0 saturated carbocycles. The van der Waals surface area contributed by atoms with Crippen molar-refractivity contribution in [1.29, 1.82) is 10.8 Å². The van der Waals surface area contributed by atoms with Crippen molar-refractivity contribution in [2.24, 2.45) is 0 Å². The lowest BCUT2D eigenvalue weighted by Gasteiger charge is -2.05. The van der Waals surface area contributed by atoms with Crippen LogP contribution in [-0.4, -0.2) is 29.8 Å². The smallest absolute Gasteiger partial charge is 0.203 e. The Bertz CT molecular complexity index is 2180. The fourth-order valence-electron chi connectivity index (χ4n) is 5.64. The molecule has 0 atom stereocenters. The fourth-order valence-corrected chi connectivity index (χ4v) is 6.45. The van der Waals surface area contributed by atoms with Gasteiger partial charge in [0.25, 0.3) is 0 Å². The second kappa shape index (κ2) is 15.2. The molecule has 6 aromatic rings. The monoisotopic (exact) mass is 732 g/mol. The predicted octanol–water partition coefficient (Wildman–Crippen LogP) is 8.50. The molecule has 0 spiro atoms. The second-order valence-corrected chi connectivity index (χ2v) is 12.8. The van der Waals surface area contributed by atoms with Crippen LogP contribution >= 0.6 is 39.1 Å². The van der Waals surface area contributed by atoms with E-state index in [1.54, 1.807) is 33.4 Å². The van der Waals surface area contributed by atoms with E-state index in [1.165, 1.54) is 0 Å². The minimum atomic E-state index is -0.0310. The lowest BCUT2D eigenvalue weighted by Crippen LogP contribution is -2.27. The summed E-state index contributed by atoms with van der Waals surface area (Å²) in [6, 6.07) is 27.6. The third-order valence-electron chi connectivity index (χ3n) is 7.83. The maximum Gasteiger partial charge on any atom is 0.203 e. The van der Waals surface area contributed by atoms with E-state index in [4.69, 9.17) is 34.0 Å². The largest absolute Gasteiger partial charge is 0.309 e. The molecule has 0 fully saturated rings. The number of aromatic nitrogens is 4. The zero-order valence-corrected chi connectivity index (χ0v) is 29.2. The molecule has 0 saturated heterocycles. The fraction of sp³-hybridized carbons (Fsp3) is 0.222. The van der Waals surface area contributed by atoms with Gasteiger partial charge in [0.1, 0.15) is 0 Å². The summed E-state index contributed by atoms with van der Waals surface area (Å²) in [4.78, 5) is 25.1. The van der Waals surface area contributed by atoms with E-state index in [2.05, 4.69) is 29.8 Å². The molecule has 0 amide bonds. The molecular weight excluding hydrogens is 699 g/mol. The number of para-hydroxylation sites is 2. The van der Waals surface area contributed by atoms with Gasteiger partial charge in [-0.05, 0) is 49.2 Å². The number of carbonyl (C=O) groups excluding carboxylic acids is 2. The highest BCUT2D eigenvalue weighted by molar-refractivity contribution is 9.10. The summed E-state index contributed by atoms with van der Waals surface area (Å²) in [7, 11) is 0. The first-order valence-electron chi connectivity index (χ1n) is 15.4. The van der Waals surface area contributed by atoms with E-state index in [0.717, 1.165) is 39.4 Å². The van der Waals surface area contributed by atoms with E-state index in [9.17, 15) is 9.59 Å². The number of hydrogen-bond acceptors (Lipinski definition) is 4. The molecule has 0 unspecified atom stereocenters. The van der Waals surface area contributed by atoms with Crippen molar-refractivity contribution in [2.75, 3.05) is 0 Å². The molecule has 242 valence electrons. The van der Waals surface area contributed by atoms with E-state index < -0.39 is 0 Å². The summed E-state index contributed by atoms with van der Waals surface area (Å²) in [6.07, 6.45) is 1.79. The first-order chi connectivity index (χ1) is 22.7. The van der Waals surface area contributed by atoms with Gasteiger partial charge in [-0.1, -0.05) is 108 Å². The van der Waals surface area contributed by atoms with Crippen molar-refractivity contribution in [2.45, 2.75) is 52.9 Å². The number of rotatable bonds is 10. The first kappa shape index (κ1) is 34.2. The summed E-state index contributed by atoms with van der Waals surface area (Å²) in [5.74, 6) is -0.0452.